The quantitative estimate of drug-likeness (QED) is 0.919. The van der Waals surface area contributed by atoms with Gasteiger partial charge in [0.2, 0.25) is 0 Å². The molecule has 2 aromatic rings. The van der Waals surface area contributed by atoms with Crippen LogP contribution < -0.4 is 5.32 Å². The number of carbonyl (C=O) groups is 1. The molecular weight excluding hydrogens is 276 g/mol. The van der Waals surface area contributed by atoms with Crippen molar-refractivity contribution in [2.75, 3.05) is 7.11 Å². The Hall–Kier alpha value is -1.94. The van der Waals surface area contributed by atoms with E-state index >= 15 is 0 Å². The van der Waals surface area contributed by atoms with E-state index in [1.807, 2.05) is 44.2 Å². The number of nitrogens with one attached hydrogen (secondary N) is 1. The van der Waals surface area contributed by atoms with E-state index in [2.05, 4.69) is 24.1 Å². The number of aromatic nitrogens is 1. The first-order valence-electron chi connectivity index (χ1n) is 7.67. The van der Waals surface area contributed by atoms with Crippen molar-refractivity contribution >= 4 is 16.8 Å². The minimum Gasteiger partial charge on any atom is -0.380 e. The highest BCUT2D eigenvalue weighted by atomic mass is 16.5. The summed E-state index contributed by atoms with van der Waals surface area (Å²) in [6.45, 7) is 8.04. The Bertz CT molecular complexity index is 667. The predicted molar refractivity (Wildman–Crippen MR) is 89.2 cm³/mol. The summed E-state index contributed by atoms with van der Waals surface area (Å²) in [5, 5.41) is 3.89. The third-order valence-electron chi connectivity index (χ3n) is 4.01. The van der Waals surface area contributed by atoms with Gasteiger partial charge >= 0.3 is 0 Å². The maximum absolute atomic E-state index is 12.7. The van der Waals surface area contributed by atoms with Crippen LogP contribution >= 0.6 is 0 Å². The van der Waals surface area contributed by atoms with E-state index in [1.165, 1.54) is 0 Å². The van der Waals surface area contributed by atoms with Crippen molar-refractivity contribution in [1.82, 2.24) is 10.3 Å². The van der Waals surface area contributed by atoms with Crippen LogP contribution in [0, 0.1) is 0 Å². The first-order valence-corrected chi connectivity index (χ1v) is 7.67. The average Bonchev–Trinajstić information content (AvgIpc) is 2.52. The van der Waals surface area contributed by atoms with Crippen molar-refractivity contribution in [3.63, 3.8) is 0 Å². The van der Waals surface area contributed by atoms with E-state index in [9.17, 15) is 4.79 Å². The highest BCUT2D eigenvalue weighted by Gasteiger charge is 2.18. The smallest absolute Gasteiger partial charge is 0.252 e. The predicted octanol–water partition coefficient (Wildman–Crippen LogP) is 3.51. The Labute approximate surface area is 131 Å². The zero-order valence-electron chi connectivity index (χ0n) is 13.9. The molecule has 4 nitrogen and oxygen atoms in total. The molecule has 0 fully saturated rings. The fourth-order valence-corrected chi connectivity index (χ4v) is 2.29. The number of pyridine rings is 1. The first kappa shape index (κ1) is 16.4. The Morgan fingerprint density at radius 3 is 2.50 bits per heavy atom. The van der Waals surface area contributed by atoms with Crippen LogP contribution in [0.15, 0.2) is 30.3 Å². The van der Waals surface area contributed by atoms with Crippen molar-refractivity contribution in [2.45, 2.75) is 45.8 Å². The Morgan fingerprint density at radius 2 is 1.86 bits per heavy atom. The molecule has 0 bridgehead atoms. The number of carbonyl (C=O) groups excluding carboxylic acids is 1. The van der Waals surface area contributed by atoms with E-state index < -0.39 is 0 Å². The molecule has 0 radical (unpaired) electrons. The van der Waals surface area contributed by atoms with Crippen LogP contribution in [-0.2, 0) is 4.74 Å². The lowest BCUT2D eigenvalue weighted by molar-refractivity contribution is 0.0736. The number of methoxy groups -OCH3 is 1. The number of benzene rings is 1. The second-order valence-electron chi connectivity index (χ2n) is 5.97. The van der Waals surface area contributed by atoms with Crippen molar-refractivity contribution < 1.29 is 9.53 Å². The second-order valence-corrected chi connectivity index (χ2v) is 5.97. The SMILES string of the molecule is COC(C)[C@H](C)NC(=O)c1cc(C(C)C)nc2ccccc12. The zero-order valence-corrected chi connectivity index (χ0v) is 13.9. The van der Waals surface area contributed by atoms with Crippen LogP contribution in [0.5, 0.6) is 0 Å². The third kappa shape index (κ3) is 3.45. The minimum absolute atomic E-state index is 0.0402. The normalized spacial score (nSPS) is 14.1. The van der Waals surface area contributed by atoms with Gasteiger partial charge in [0.15, 0.2) is 0 Å². The Morgan fingerprint density at radius 1 is 1.18 bits per heavy atom. The Kier molecular flexibility index (Phi) is 5.14. The molecule has 1 aromatic heterocycles. The van der Waals surface area contributed by atoms with Crippen LogP contribution in [0.2, 0.25) is 0 Å². The van der Waals surface area contributed by atoms with Gasteiger partial charge in [-0.15, -0.1) is 0 Å². The van der Waals surface area contributed by atoms with Gasteiger partial charge in [-0.25, -0.2) is 0 Å². The number of hydrogen-bond donors (Lipinski definition) is 1. The molecule has 0 spiro atoms. The zero-order chi connectivity index (χ0) is 16.3. The van der Waals surface area contributed by atoms with Gasteiger partial charge < -0.3 is 10.1 Å². The summed E-state index contributed by atoms with van der Waals surface area (Å²) in [7, 11) is 1.64. The lowest BCUT2D eigenvalue weighted by Crippen LogP contribution is -2.40. The lowest BCUT2D eigenvalue weighted by atomic mass is 10.0. The average molecular weight is 300 g/mol. The maximum atomic E-state index is 12.7. The van der Waals surface area contributed by atoms with Crippen LogP contribution in [-0.4, -0.2) is 30.1 Å². The Balaban J connectivity index is 2.42. The standard InChI is InChI=1S/C18H24N2O2/c1-11(2)17-10-15(14-8-6-7-9-16(14)20-17)18(21)19-12(3)13(4)22-5/h6-13H,1-5H3,(H,19,21)/t12-,13?/m0/s1. The topological polar surface area (TPSA) is 51.2 Å². The molecule has 0 saturated carbocycles. The fraction of sp³-hybridized carbons (Fsp3) is 0.444. The van der Waals surface area contributed by atoms with Crippen LogP contribution in [0.4, 0.5) is 0 Å². The molecule has 1 heterocycles. The molecule has 2 rings (SSSR count). The van der Waals surface area contributed by atoms with Gasteiger partial charge in [-0.2, -0.15) is 0 Å². The van der Waals surface area contributed by atoms with E-state index in [0.29, 0.717) is 5.56 Å². The summed E-state index contributed by atoms with van der Waals surface area (Å²) in [5.41, 5.74) is 2.45. The number of nitrogens with zero attached hydrogens (tertiary/aromatic N) is 1. The van der Waals surface area contributed by atoms with Crippen molar-refractivity contribution in [1.29, 1.82) is 0 Å². The molecule has 0 aliphatic carbocycles. The summed E-state index contributed by atoms with van der Waals surface area (Å²) in [5.74, 6) is 0.184. The van der Waals surface area contributed by atoms with Gasteiger partial charge in [0.25, 0.3) is 5.91 Å². The molecule has 4 heteroatoms. The summed E-state index contributed by atoms with van der Waals surface area (Å²) >= 11 is 0. The number of amides is 1. The molecule has 2 atom stereocenters. The van der Waals surface area contributed by atoms with Crippen molar-refractivity contribution in [2.24, 2.45) is 0 Å². The van der Waals surface area contributed by atoms with Crippen LogP contribution in [0.25, 0.3) is 10.9 Å². The lowest BCUT2D eigenvalue weighted by Gasteiger charge is -2.20. The third-order valence-corrected chi connectivity index (χ3v) is 4.01. The molecule has 1 N–H and O–H groups in total. The van der Waals surface area contributed by atoms with Gasteiger partial charge in [0.1, 0.15) is 0 Å². The summed E-state index contributed by atoms with van der Waals surface area (Å²) in [6, 6.07) is 9.58. The maximum Gasteiger partial charge on any atom is 0.252 e. The highest BCUT2D eigenvalue weighted by Crippen LogP contribution is 2.22. The van der Waals surface area contributed by atoms with Gasteiger partial charge in [0.05, 0.1) is 23.2 Å². The summed E-state index contributed by atoms with van der Waals surface area (Å²) in [6.07, 6.45) is -0.0402. The van der Waals surface area contributed by atoms with Crippen LogP contribution in [0.3, 0.4) is 0 Å². The summed E-state index contributed by atoms with van der Waals surface area (Å²) < 4.78 is 5.27. The van der Waals surface area contributed by atoms with Gasteiger partial charge in [0, 0.05) is 18.2 Å². The van der Waals surface area contributed by atoms with Crippen molar-refractivity contribution in [3.8, 4) is 0 Å². The number of hydrogen-bond acceptors (Lipinski definition) is 3. The fourth-order valence-electron chi connectivity index (χ4n) is 2.29. The number of rotatable bonds is 5. The molecule has 0 aliphatic heterocycles. The number of para-hydroxylation sites is 1. The molecule has 1 aromatic carbocycles. The highest BCUT2D eigenvalue weighted by molar-refractivity contribution is 6.06. The molecular formula is C18H24N2O2. The van der Waals surface area contributed by atoms with Gasteiger partial charge in [-0.3, -0.25) is 9.78 Å². The van der Waals surface area contributed by atoms with E-state index in [4.69, 9.17) is 4.74 Å². The number of fused-ring (bicyclic) bond motifs is 1. The van der Waals surface area contributed by atoms with Gasteiger partial charge in [-0.1, -0.05) is 32.0 Å². The minimum atomic E-state index is -0.0862. The molecule has 1 amide bonds. The molecule has 0 aliphatic rings. The van der Waals surface area contributed by atoms with Crippen molar-refractivity contribution in [3.05, 3.63) is 41.6 Å². The van der Waals surface area contributed by atoms with Gasteiger partial charge in [-0.05, 0) is 31.9 Å². The molecule has 1 unspecified atom stereocenters. The van der Waals surface area contributed by atoms with E-state index in [0.717, 1.165) is 16.6 Å². The monoisotopic (exact) mass is 300 g/mol. The largest absolute Gasteiger partial charge is 0.380 e. The van der Waals surface area contributed by atoms with Crippen LogP contribution in [0.1, 0.15) is 49.7 Å². The molecule has 118 valence electrons. The molecule has 22 heavy (non-hydrogen) atoms. The van der Waals surface area contributed by atoms with E-state index in [-0.39, 0.29) is 24.0 Å². The molecule has 0 saturated heterocycles. The first-order chi connectivity index (χ1) is 10.4. The van der Waals surface area contributed by atoms with E-state index in [1.54, 1.807) is 7.11 Å². The summed E-state index contributed by atoms with van der Waals surface area (Å²) in [4.78, 5) is 17.3. The second kappa shape index (κ2) is 6.88. The number of ether oxygens (including phenoxy) is 1.